The van der Waals surface area contributed by atoms with Crippen molar-refractivity contribution >= 4 is 43.9 Å². The molecular weight excluding hydrogens is 540 g/mol. The molecule has 6 aromatic carbocycles. The first kappa shape index (κ1) is 24.6. The summed E-state index contributed by atoms with van der Waals surface area (Å²) >= 11 is 0. The van der Waals surface area contributed by atoms with Gasteiger partial charge in [0, 0.05) is 38.2 Å². The molecule has 0 radical (unpaired) electrons. The molecule has 0 N–H and O–H groups in total. The molecule has 9 aromatic rings. The number of aromatic nitrogens is 2. The normalized spacial score (nSPS) is 11.6. The van der Waals surface area contributed by atoms with Gasteiger partial charge in [-0.2, -0.15) is 0 Å². The molecule has 3 heterocycles. The quantitative estimate of drug-likeness (QED) is 0.213. The van der Waals surface area contributed by atoms with Crippen LogP contribution < -0.4 is 0 Å². The van der Waals surface area contributed by atoms with Gasteiger partial charge in [-0.1, -0.05) is 103 Å². The van der Waals surface area contributed by atoms with Crippen LogP contribution in [-0.4, -0.2) is 9.97 Å². The number of rotatable bonds is 4. The second-order valence-corrected chi connectivity index (χ2v) is 11.0. The van der Waals surface area contributed by atoms with Gasteiger partial charge in [0.1, 0.15) is 22.3 Å². The zero-order valence-electron chi connectivity index (χ0n) is 23.6. The van der Waals surface area contributed by atoms with E-state index < -0.39 is 0 Å². The van der Waals surface area contributed by atoms with Crippen LogP contribution in [0.5, 0.6) is 0 Å². The summed E-state index contributed by atoms with van der Waals surface area (Å²) in [5, 5.41) is 4.16. The van der Waals surface area contributed by atoms with Crippen molar-refractivity contribution in [2.45, 2.75) is 0 Å². The standard InChI is InChI=1S/C40H24N2O2/c1-4-10-25(11-5-1)28-16-18-30-32-22-39-33(23-38(32)43-36(30)20-28)31-19-17-29(21-37(31)44-39)40-41-34(26-12-6-2-7-13-26)24-35(42-40)27-14-8-3-9-15-27/h1-24H. The van der Waals surface area contributed by atoms with Gasteiger partial charge in [-0.25, -0.2) is 9.97 Å². The molecule has 0 fully saturated rings. The lowest BCUT2D eigenvalue weighted by molar-refractivity contribution is 0.664. The lowest BCUT2D eigenvalue weighted by atomic mass is 10.0. The molecule has 0 aliphatic carbocycles. The summed E-state index contributed by atoms with van der Waals surface area (Å²) in [6.45, 7) is 0. The minimum Gasteiger partial charge on any atom is -0.456 e. The van der Waals surface area contributed by atoms with E-state index in [0.717, 1.165) is 77.5 Å². The zero-order chi connectivity index (χ0) is 29.0. The number of hydrogen-bond donors (Lipinski definition) is 0. The maximum atomic E-state index is 6.47. The van der Waals surface area contributed by atoms with Gasteiger partial charge in [0.15, 0.2) is 5.82 Å². The SMILES string of the molecule is c1ccc(-c2ccc3c(c2)oc2cc4c(cc23)oc2cc(-c3nc(-c5ccccc5)cc(-c5ccccc5)n3)ccc24)cc1. The van der Waals surface area contributed by atoms with E-state index in [4.69, 9.17) is 18.8 Å². The molecule has 0 amide bonds. The Kier molecular flexibility index (Phi) is 5.47. The summed E-state index contributed by atoms with van der Waals surface area (Å²) in [5.41, 5.74) is 10.4. The minimum absolute atomic E-state index is 0.654. The molecule has 0 atom stereocenters. The average Bonchev–Trinajstić information content (AvgIpc) is 3.64. The third-order valence-corrected chi connectivity index (χ3v) is 8.30. The number of benzene rings is 6. The van der Waals surface area contributed by atoms with E-state index in [9.17, 15) is 0 Å². The highest BCUT2D eigenvalue weighted by Gasteiger charge is 2.16. The van der Waals surface area contributed by atoms with Crippen LogP contribution in [0.25, 0.3) is 88.9 Å². The molecule has 4 nitrogen and oxygen atoms in total. The van der Waals surface area contributed by atoms with Crippen LogP contribution in [-0.2, 0) is 0 Å². The van der Waals surface area contributed by atoms with Crippen LogP contribution in [0.4, 0.5) is 0 Å². The van der Waals surface area contributed by atoms with E-state index in [1.54, 1.807) is 0 Å². The van der Waals surface area contributed by atoms with Gasteiger partial charge < -0.3 is 8.83 Å². The molecule has 44 heavy (non-hydrogen) atoms. The summed E-state index contributed by atoms with van der Waals surface area (Å²) in [6, 6.07) is 49.7. The Hall–Kier alpha value is -6.00. The van der Waals surface area contributed by atoms with Crippen LogP contribution in [0.15, 0.2) is 154 Å². The lowest BCUT2D eigenvalue weighted by Crippen LogP contribution is -1.95. The van der Waals surface area contributed by atoms with Crippen molar-refractivity contribution < 1.29 is 8.83 Å². The van der Waals surface area contributed by atoms with Gasteiger partial charge in [-0.05, 0) is 53.6 Å². The van der Waals surface area contributed by atoms with E-state index in [1.807, 2.05) is 48.5 Å². The Morgan fingerprint density at radius 3 is 1.27 bits per heavy atom. The van der Waals surface area contributed by atoms with Crippen LogP contribution in [0.1, 0.15) is 0 Å². The lowest BCUT2D eigenvalue weighted by Gasteiger charge is -2.09. The summed E-state index contributed by atoms with van der Waals surface area (Å²) in [5.74, 6) is 0.654. The van der Waals surface area contributed by atoms with Crippen molar-refractivity contribution in [1.29, 1.82) is 0 Å². The molecule has 0 aliphatic heterocycles. The third-order valence-electron chi connectivity index (χ3n) is 8.30. The maximum Gasteiger partial charge on any atom is 0.160 e. The van der Waals surface area contributed by atoms with Gasteiger partial charge in [-0.15, -0.1) is 0 Å². The predicted molar refractivity (Wildman–Crippen MR) is 178 cm³/mol. The number of furan rings is 2. The smallest absolute Gasteiger partial charge is 0.160 e. The van der Waals surface area contributed by atoms with Gasteiger partial charge in [0.25, 0.3) is 0 Å². The van der Waals surface area contributed by atoms with E-state index in [2.05, 4.69) is 97.1 Å². The van der Waals surface area contributed by atoms with Crippen molar-refractivity contribution in [3.63, 3.8) is 0 Å². The number of nitrogens with zero attached hydrogens (tertiary/aromatic N) is 2. The minimum atomic E-state index is 0.654. The Balaban J connectivity index is 1.17. The topological polar surface area (TPSA) is 52.1 Å². The highest BCUT2D eigenvalue weighted by Crippen LogP contribution is 2.39. The molecule has 0 saturated carbocycles. The monoisotopic (exact) mass is 564 g/mol. The zero-order valence-corrected chi connectivity index (χ0v) is 23.6. The summed E-state index contributed by atoms with van der Waals surface area (Å²) in [6.07, 6.45) is 0. The first-order valence-electron chi connectivity index (χ1n) is 14.7. The van der Waals surface area contributed by atoms with Crippen LogP contribution >= 0.6 is 0 Å². The third kappa shape index (κ3) is 4.08. The van der Waals surface area contributed by atoms with E-state index in [0.29, 0.717) is 5.82 Å². The maximum absolute atomic E-state index is 6.47. The molecule has 4 heteroatoms. The molecule has 206 valence electrons. The van der Waals surface area contributed by atoms with Crippen molar-refractivity contribution in [1.82, 2.24) is 9.97 Å². The van der Waals surface area contributed by atoms with Gasteiger partial charge in [0.2, 0.25) is 0 Å². The predicted octanol–water partition coefficient (Wildman–Crippen LogP) is 10.9. The summed E-state index contributed by atoms with van der Waals surface area (Å²) in [7, 11) is 0. The van der Waals surface area contributed by atoms with Gasteiger partial charge in [-0.3, -0.25) is 0 Å². The molecule has 0 aliphatic rings. The fraction of sp³-hybridized carbons (Fsp3) is 0. The van der Waals surface area contributed by atoms with E-state index in [1.165, 1.54) is 5.56 Å². The highest BCUT2D eigenvalue weighted by molar-refractivity contribution is 6.15. The molecule has 0 unspecified atom stereocenters. The average molecular weight is 565 g/mol. The Morgan fingerprint density at radius 1 is 0.318 bits per heavy atom. The van der Waals surface area contributed by atoms with Crippen LogP contribution in [0.3, 0.4) is 0 Å². The highest BCUT2D eigenvalue weighted by atomic mass is 16.3. The summed E-state index contributed by atoms with van der Waals surface area (Å²) < 4.78 is 12.8. The van der Waals surface area contributed by atoms with Crippen LogP contribution in [0.2, 0.25) is 0 Å². The number of fused-ring (bicyclic) bond motifs is 6. The van der Waals surface area contributed by atoms with Crippen LogP contribution in [0, 0.1) is 0 Å². The molecule has 9 rings (SSSR count). The Bertz CT molecular complexity index is 2420. The molecule has 0 spiro atoms. The first-order valence-corrected chi connectivity index (χ1v) is 14.7. The van der Waals surface area contributed by atoms with Crippen molar-refractivity contribution in [3.8, 4) is 45.0 Å². The van der Waals surface area contributed by atoms with Crippen molar-refractivity contribution in [2.75, 3.05) is 0 Å². The van der Waals surface area contributed by atoms with Gasteiger partial charge in [0.05, 0.1) is 11.4 Å². The van der Waals surface area contributed by atoms with E-state index >= 15 is 0 Å². The van der Waals surface area contributed by atoms with Crippen molar-refractivity contribution in [2.24, 2.45) is 0 Å². The summed E-state index contributed by atoms with van der Waals surface area (Å²) in [4.78, 5) is 9.98. The molecule has 3 aromatic heterocycles. The van der Waals surface area contributed by atoms with Gasteiger partial charge >= 0.3 is 0 Å². The molecule has 0 bridgehead atoms. The Morgan fingerprint density at radius 2 is 0.750 bits per heavy atom. The fourth-order valence-corrected chi connectivity index (χ4v) is 6.08. The largest absolute Gasteiger partial charge is 0.456 e. The second kappa shape index (κ2) is 9.79. The fourth-order valence-electron chi connectivity index (χ4n) is 6.08. The second-order valence-electron chi connectivity index (χ2n) is 11.0. The Labute approximate surface area is 252 Å². The molecule has 0 saturated heterocycles. The molecular formula is C40H24N2O2. The van der Waals surface area contributed by atoms with Crippen molar-refractivity contribution in [3.05, 3.63) is 146 Å². The number of hydrogen-bond acceptors (Lipinski definition) is 4. The van der Waals surface area contributed by atoms with E-state index in [-0.39, 0.29) is 0 Å². The first-order chi connectivity index (χ1) is 21.8.